The van der Waals surface area contributed by atoms with E-state index in [1.165, 1.54) is 11.1 Å². The lowest BCUT2D eigenvalue weighted by Crippen LogP contribution is -2.44. The minimum absolute atomic E-state index is 0.00771. The van der Waals surface area contributed by atoms with E-state index in [-0.39, 0.29) is 16.2 Å². The molecule has 0 spiro atoms. The molecular formula is C22H30. The van der Waals surface area contributed by atoms with Gasteiger partial charge in [-0.2, -0.15) is 0 Å². The third-order valence-corrected chi connectivity index (χ3v) is 4.61. The van der Waals surface area contributed by atoms with Crippen LogP contribution in [0, 0.1) is 10.8 Å². The van der Waals surface area contributed by atoms with Gasteiger partial charge in [0.15, 0.2) is 0 Å². The number of rotatable bonds is 3. The Bertz CT molecular complexity index is 540. The summed E-state index contributed by atoms with van der Waals surface area (Å²) in [5.74, 6) is 0. The Morgan fingerprint density at radius 3 is 1.23 bits per heavy atom. The summed E-state index contributed by atoms with van der Waals surface area (Å²) < 4.78 is 0. The van der Waals surface area contributed by atoms with E-state index in [1.807, 2.05) is 0 Å². The summed E-state index contributed by atoms with van der Waals surface area (Å²) in [7, 11) is 0. The fourth-order valence-electron chi connectivity index (χ4n) is 3.74. The molecule has 0 heteroatoms. The first-order valence-electron chi connectivity index (χ1n) is 8.28. The highest BCUT2D eigenvalue weighted by Crippen LogP contribution is 2.52. The molecule has 0 saturated heterocycles. The van der Waals surface area contributed by atoms with Crippen LogP contribution in [0.1, 0.15) is 59.1 Å². The predicted octanol–water partition coefficient (Wildman–Crippen LogP) is 6.46. The van der Waals surface area contributed by atoms with E-state index >= 15 is 0 Å². The van der Waals surface area contributed by atoms with E-state index in [0.29, 0.717) is 0 Å². The molecular weight excluding hydrogens is 264 g/mol. The predicted molar refractivity (Wildman–Crippen MR) is 97.2 cm³/mol. The second-order valence-corrected chi connectivity index (χ2v) is 8.62. The van der Waals surface area contributed by atoms with Gasteiger partial charge >= 0.3 is 0 Å². The lowest BCUT2D eigenvalue weighted by molar-refractivity contribution is 0.154. The molecule has 0 radical (unpaired) electrons. The van der Waals surface area contributed by atoms with Gasteiger partial charge in [0, 0.05) is 5.41 Å². The fraction of sp³-hybridized carbons (Fsp3) is 0.455. The van der Waals surface area contributed by atoms with Gasteiger partial charge in [0.1, 0.15) is 0 Å². The van der Waals surface area contributed by atoms with Crippen LogP contribution in [-0.4, -0.2) is 0 Å². The van der Waals surface area contributed by atoms with Crippen molar-refractivity contribution in [1.29, 1.82) is 0 Å². The van der Waals surface area contributed by atoms with Gasteiger partial charge in [-0.15, -0.1) is 0 Å². The van der Waals surface area contributed by atoms with E-state index < -0.39 is 0 Å². The molecule has 0 nitrogen and oxygen atoms in total. The number of hydrogen-bond acceptors (Lipinski definition) is 0. The molecule has 0 N–H and O–H groups in total. The van der Waals surface area contributed by atoms with Gasteiger partial charge in [0.2, 0.25) is 0 Å². The Kier molecular flexibility index (Phi) is 4.52. The molecule has 0 aliphatic rings. The summed E-state index contributed by atoms with van der Waals surface area (Å²) in [6.07, 6.45) is 1.12. The lowest BCUT2D eigenvalue weighted by Gasteiger charge is -2.49. The van der Waals surface area contributed by atoms with Crippen molar-refractivity contribution in [3.63, 3.8) is 0 Å². The van der Waals surface area contributed by atoms with Crippen LogP contribution in [-0.2, 0) is 5.41 Å². The molecule has 2 rings (SSSR count). The van der Waals surface area contributed by atoms with Crippen molar-refractivity contribution in [2.45, 2.75) is 53.4 Å². The van der Waals surface area contributed by atoms with E-state index in [2.05, 4.69) is 102 Å². The first-order chi connectivity index (χ1) is 10.2. The average molecular weight is 294 g/mol. The van der Waals surface area contributed by atoms with Crippen LogP contribution in [0.2, 0.25) is 0 Å². The van der Waals surface area contributed by atoms with Gasteiger partial charge in [-0.1, -0.05) is 102 Å². The quantitative estimate of drug-likeness (QED) is 0.609. The maximum atomic E-state index is 2.37. The molecule has 0 atom stereocenters. The van der Waals surface area contributed by atoms with E-state index in [9.17, 15) is 0 Å². The third kappa shape index (κ3) is 3.27. The topological polar surface area (TPSA) is 0 Å². The van der Waals surface area contributed by atoms with Gasteiger partial charge in [0.25, 0.3) is 0 Å². The van der Waals surface area contributed by atoms with Gasteiger partial charge in [-0.3, -0.25) is 0 Å². The van der Waals surface area contributed by atoms with Gasteiger partial charge < -0.3 is 0 Å². The van der Waals surface area contributed by atoms with Crippen molar-refractivity contribution in [1.82, 2.24) is 0 Å². The van der Waals surface area contributed by atoms with E-state index in [4.69, 9.17) is 0 Å². The SMILES string of the molecule is CC(C)(C)CC(c1ccccc1)(c1ccccc1)C(C)(C)C. The summed E-state index contributed by atoms with van der Waals surface area (Å²) in [6, 6.07) is 22.1. The summed E-state index contributed by atoms with van der Waals surface area (Å²) in [5.41, 5.74) is 3.22. The Morgan fingerprint density at radius 2 is 0.955 bits per heavy atom. The molecule has 0 aromatic heterocycles. The summed E-state index contributed by atoms with van der Waals surface area (Å²) in [5, 5.41) is 0. The highest BCUT2D eigenvalue weighted by atomic mass is 14.5. The summed E-state index contributed by atoms with van der Waals surface area (Å²) in [6.45, 7) is 14.2. The molecule has 0 bridgehead atoms. The molecule has 2 aromatic rings. The molecule has 2 aromatic carbocycles. The lowest BCUT2D eigenvalue weighted by atomic mass is 9.54. The second-order valence-electron chi connectivity index (χ2n) is 8.62. The van der Waals surface area contributed by atoms with E-state index in [1.54, 1.807) is 0 Å². The number of benzene rings is 2. The monoisotopic (exact) mass is 294 g/mol. The van der Waals surface area contributed by atoms with Crippen LogP contribution in [0.3, 0.4) is 0 Å². The molecule has 0 aliphatic carbocycles. The van der Waals surface area contributed by atoms with Crippen molar-refractivity contribution >= 4 is 0 Å². The van der Waals surface area contributed by atoms with Crippen LogP contribution in [0.5, 0.6) is 0 Å². The fourth-order valence-corrected chi connectivity index (χ4v) is 3.74. The Labute approximate surface area is 136 Å². The van der Waals surface area contributed by atoms with Crippen LogP contribution >= 0.6 is 0 Å². The average Bonchev–Trinajstić information content (AvgIpc) is 2.44. The maximum Gasteiger partial charge on any atom is 0.0256 e. The van der Waals surface area contributed by atoms with Crippen LogP contribution in [0.15, 0.2) is 60.7 Å². The summed E-state index contributed by atoms with van der Waals surface area (Å²) >= 11 is 0. The Balaban J connectivity index is 2.76. The zero-order valence-corrected chi connectivity index (χ0v) is 15.0. The van der Waals surface area contributed by atoms with Crippen molar-refractivity contribution in [2.75, 3.05) is 0 Å². The van der Waals surface area contributed by atoms with Crippen LogP contribution in [0.4, 0.5) is 0 Å². The molecule has 0 fully saturated rings. The summed E-state index contributed by atoms with van der Waals surface area (Å²) in [4.78, 5) is 0. The highest BCUT2D eigenvalue weighted by Gasteiger charge is 2.46. The molecule has 118 valence electrons. The van der Waals surface area contributed by atoms with E-state index in [0.717, 1.165) is 6.42 Å². The maximum absolute atomic E-state index is 2.37. The van der Waals surface area contributed by atoms with Crippen molar-refractivity contribution in [3.8, 4) is 0 Å². The number of hydrogen-bond donors (Lipinski definition) is 0. The van der Waals surface area contributed by atoms with Crippen LogP contribution < -0.4 is 0 Å². The van der Waals surface area contributed by atoms with Gasteiger partial charge in [-0.05, 0) is 28.4 Å². The van der Waals surface area contributed by atoms with Crippen molar-refractivity contribution in [3.05, 3.63) is 71.8 Å². The van der Waals surface area contributed by atoms with Gasteiger partial charge in [-0.25, -0.2) is 0 Å². The zero-order valence-electron chi connectivity index (χ0n) is 15.0. The third-order valence-electron chi connectivity index (χ3n) is 4.61. The standard InChI is InChI=1S/C22H30/c1-20(2,3)17-22(21(4,5)6,18-13-9-7-10-14-18)19-15-11-8-12-16-19/h7-16H,17H2,1-6H3. The largest absolute Gasteiger partial charge is 0.0622 e. The smallest absolute Gasteiger partial charge is 0.0256 e. The highest BCUT2D eigenvalue weighted by molar-refractivity contribution is 5.42. The van der Waals surface area contributed by atoms with Crippen molar-refractivity contribution in [2.24, 2.45) is 10.8 Å². The second kappa shape index (κ2) is 5.91. The molecule has 0 unspecified atom stereocenters. The normalized spacial score (nSPS) is 13.2. The van der Waals surface area contributed by atoms with Crippen LogP contribution in [0.25, 0.3) is 0 Å². The zero-order chi connectivity index (χ0) is 16.4. The minimum atomic E-state index is 0.00771. The molecule has 22 heavy (non-hydrogen) atoms. The Morgan fingerprint density at radius 1 is 0.591 bits per heavy atom. The Hall–Kier alpha value is -1.56. The van der Waals surface area contributed by atoms with Gasteiger partial charge in [0.05, 0.1) is 0 Å². The molecule has 0 saturated carbocycles. The first-order valence-corrected chi connectivity index (χ1v) is 8.28. The molecule has 0 amide bonds. The van der Waals surface area contributed by atoms with Crippen molar-refractivity contribution < 1.29 is 0 Å². The minimum Gasteiger partial charge on any atom is -0.0622 e. The first kappa shape index (κ1) is 16.8. The molecule has 0 aliphatic heterocycles. The molecule has 0 heterocycles.